The fourth-order valence-corrected chi connectivity index (χ4v) is 3.40. The predicted molar refractivity (Wildman–Crippen MR) is 108 cm³/mol. The van der Waals surface area contributed by atoms with Crippen molar-refractivity contribution in [2.24, 2.45) is 0 Å². The molecule has 1 atom stereocenters. The highest BCUT2D eigenvalue weighted by Crippen LogP contribution is 2.22. The topological polar surface area (TPSA) is 77.1 Å². The second kappa shape index (κ2) is 7.68. The molecule has 0 fully saturated rings. The average Bonchev–Trinajstić information content (AvgIpc) is 3.12. The molecule has 2 aromatic heterocycles. The van der Waals surface area contributed by atoms with Crippen molar-refractivity contribution in [2.75, 3.05) is 0 Å². The molecule has 0 aliphatic rings. The third-order valence-corrected chi connectivity index (χ3v) is 4.81. The van der Waals surface area contributed by atoms with Crippen LogP contribution in [0.3, 0.4) is 0 Å². The van der Waals surface area contributed by atoms with Gasteiger partial charge in [0.1, 0.15) is 17.5 Å². The maximum absolute atomic E-state index is 12.5. The number of nitrogens with one attached hydrogen (secondary N) is 1. The largest absolute Gasteiger partial charge is 0.422 e. The van der Waals surface area contributed by atoms with Gasteiger partial charge in [-0.25, -0.2) is 4.79 Å². The maximum atomic E-state index is 12.5. The Hall–Kier alpha value is -3.41. The summed E-state index contributed by atoms with van der Waals surface area (Å²) in [6.07, 6.45) is 3.21. The zero-order chi connectivity index (χ0) is 19.5. The van der Waals surface area contributed by atoms with Gasteiger partial charge in [-0.05, 0) is 37.5 Å². The Bertz CT molecular complexity index is 1180. The van der Waals surface area contributed by atoms with Crippen LogP contribution in [0.5, 0.6) is 0 Å². The number of aryl methyl sites for hydroxylation is 1. The zero-order valence-corrected chi connectivity index (χ0v) is 15.6. The van der Waals surface area contributed by atoms with Crippen molar-refractivity contribution in [3.05, 3.63) is 76.8 Å². The molecule has 4 rings (SSSR count). The van der Waals surface area contributed by atoms with Crippen LogP contribution in [0.15, 0.2) is 70.0 Å². The van der Waals surface area contributed by atoms with Crippen LogP contribution in [0.1, 0.15) is 18.9 Å². The standard InChI is InChI=1S/C22H21N3O3/c1-15(11-12-16-7-3-2-4-8-16)24-20(26)14-25-21-17-9-5-6-10-19(17)28-22(27)18(21)13-23-25/h2-10,13,15H,11-12,14H2,1H3,(H,24,26)/t15-/m0/s1. The van der Waals surface area contributed by atoms with Crippen LogP contribution < -0.4 is 10.9 Å². The predicted octanol–water partition coefficient (Wildman–Crippen LogP) is 3.28. The molecule has 1 amide bonds. The molecule has 6 heteroatoms. The quantitative estimate of drug-likeness (QED) is 0.525. The van der Waals surface area contributed by atoms with Gasteiger partial charge in [-0.15, -0.1) is 0 Å². The molecule has 0 radical (unpaired) electrons. The van der Waals surface area contributed by atoms with Crippen molar-refractivity contribution in [3.63, 3.8) is 0 Å². The number of nitrogens with zero attached hydrogens (tertiary/aromatic N) is 2. The smallest absolute Gasteiger partial charge is 0.347 e. The highest BCUT2D eigenvalue weighted by Gasteiger charge is 2.15. The van der Waals surface area contributed by atoms with Crippen molar-refractivity contribution in [2.45, 2.75) is 32.4 Å². The maximum Gasteiger partial charge on any atom is 0.347 e. The summed E-state index contributed by atoms with van der Waals surface area (Å²) in [5, 5.41) is 8.40. The van der Waals surface area contributed by atoms with E-state index in [1.165, 1.54) is 11.8 Å². The summed E-state index contributed by atoms with van der Waals surface area (Å²) in [6, 6.07) is 17.5. The molecule has 0 aliphatic heterocycles. The van der Waals surface area contributed by atoms with E-state index in [1.54, 1.807) is 16.8 Å². The summed E-state index contributed by atoms with van der Waals surface area (Å²) < 4.78 is 6.89. The number of fused-ring (bicyclic) bond motifs is 3. The normalized spacial score (nSPS) is 12.3. The number of rotatable bonds is 6. The number of benzene rings is 2. The Morgan fingerprint density at radius 2 is 1.86 bits per heavy atom. The van der Waals surface area contributed by atoms with Crippen molar-refractivity contribution in [1.29, 1.82) is 0 Å². The molecule has 28 heavy (non-hydrogen) atoms. The number of carbonyl (C=O) groups is 1. The van der Waals surface area contributed by atoms with Crippen molar-refractivity contribution in [1.82, 2.24) is 15.1 Å². The van der Waals surface area contributed by atoms with Gasteiger partial charge >= 0.3 is 5.63 Å². The SMILES string of the molecule is C[C@@H](CCc1ccccc1)NC(=O)Cn1ncc2c(=O)oc3ccccc3c21. The van der Waals surface area contributed by atoms with E-state index >= 15 is 0 Å². The lowest BCUT2D eigenvalue weighted by Gasteiger charge is -2.14. The Morgan fingerprint density at radius 1 is 1.11 bits per heavy atom. The van der Waals surface area contributed by atoms with Crippen LogP contribution in [-0.4, -0.2) is 21.7 Å². The molecule has 4 aromatic rings. The number of hydrogen-bond donors (Lipinski definition) is 1. The fourth-order valence-electron chi connectivity index (χ4n) is 3.40. The third kappa shape index (κ3) is 3.67. The van der Waals surface area contributed by atoms with E-state index in [0.29, 0.717) is 16.5 Å². The van der Waals surface area contributed by atoms with Crippen molar-refractivity contribution >= 4 is 27.8 Å². The minimum absolute atomic E-state index is 0.0383. The molecular weight excluding hydrogens is 354 g/mol. The third-order valence-electron chi connectivity index (χ3n) is 4.81. The van der Waals surface area contributed by atoms with E-state index < -0.39 is 5.63 Å². The Kier molecular flexibility index (Phi) is 4.93. The second-order valence-electron chi connectivity index (χ2n) is 6.94. The first-order chi connectivity index (χ1) is 13.6. The minimum atomic E-state index is -0.448. The van der Waals surface area contributed by atoms with Gasteiger partial charge < -0.3 is 9.73 Å². The summed E-state index contributed by atoms with van der Waals surface area (Å²) in [6.45, 7) is 2.04. The highest BCUT2D eigenvalue weighted by atomic mass is 16.4. The van der Waals surface area contributed by atoms with Crippen LogP contribution in [0.2, 0.25) is 0 Å². The van der Waals surface area contributed by atoms with Crippen LogP contribution in [0.25, 0.3) is 21.9 Å². The van der Waals surface area contributed by atoms with Crippen molar-refractivity contribution < 1.29 is 9.21 Å². The first-order valence-corrected chi connectivity index (χ1v) is 9.32. The van der Waals surface area contributed by atoms with Crippen LogP contribution in [0, 0.1) is 0 Å². The summed E-state index contributed by atoms with van der Waals surface area (Å²) in [5.74, 6) is -0.136. The molecule has 0 aliphatic carbocycles. The van der Waals surface area contributed by atoms with E-state index in [9.17, 15) is 9.59 Å². The summed E-state index contributed by atoms with van der Waals surface area (Å²) in [7, 11) is 0. The molecule has 142 valence electrons. The number of aromatic nitrogens is 2. The Labute approximate surface area is 161 Å². The molecule has 0 saturated carbocycles. The van der Waals surface area contributed by atoms with E-state index in [-0.39, 0.29) is 18.5 Å². The fraction of sp³-hybridized carbons (Fsp3) is 0.227. The first-order valence-electron chi connectivity index (χ1n) is 9.32. The summed E-state index contributed by atoms with van der Waals surface area (Å²) in [4.78, 5) is 24.7. The van der Waals surface area contributed by atoms with Gasteiger partial charge in [0.2, 0.25) is 5.91 Å². The molecule has 0 bridgehead atoms. The monoisotopic (exact) mass is 375 g/mol. The minimum Gasteiger partial charge on any atom is -0.422 e. The second-order valence-corrected chi connectivity index (χ2v) is 6.94. The van der Waals surface area contributed by atoms with E-state index in [2.05, 4.69) is 22.5 Å². The lowest BCUT2D eigenvalue weighted by molar-refractivity contribution is -0.122. The van der Waals surface area contributed by atoms with Crippen LogP contribution in [-0.2, 0) is 17.8 Å². The molecular formula is C22H21N3O3. The van der Waals surface area contributed by atoms with Crippen LogP contribution in [0.4, 0.5) is 0 Å². The van der Waals surface area contributed by atoms with E-state index in [1.807, 2.05) is 37.3 Å². The molecule has 0 unspecified atom stereocenters. The van der Waals surface area contributed by atoms with Gasteiger partial charge in [-0.2, -0.15) is 5.10 Å². The number of amides is 1. The molecule has 0 spiro atoms. The van der Waals surface area contributed by atoms with Gasteiger partial charge in [0.05, 0.1) is 11.7 Å². The lowest BCUT2D eigenvalue weighted by atomic mass is 10.1. The molecule has 0 saturated heterocycles. The van der Waals surface area contributed by atoms with Gasteiger partial charge in [-0.1, -0.05) is 42.5 Å². The molecule has 2 aromatic carbocycles. The number of hydrogen-bond acceptors (Lipinski definition) is 4. The number of carbonyl (C=O) groups excluding carboxylic acids is 1. The highest BCUT2D eigenvalue weighted by molar-refractivity contribution is 6.02. The first kappa shape index (κ1) is 18.0. The van der Waals surface area contributed by atoms with E-state index in [4.69, 9.17) is 4.42 Å². The molecule has 1 N–H and O–H groups in total. The van der Waals surface area contributed by atoms with Gasteiger partial charge in [0.25, 0.3) is 0 Å². The van der Waals surface area contributed by atoms with Gasteiger partial charge in [0, 0.05) is 11.4 Å². The summed E-state index contributed by atoms with van der Waals surface area (Å²) in [5.41, 5.74) is 1.91. The number of para-hydroxylation sites is 1. The van der Waals surface area contributed by atoms with Crippen molar-refractivity contribution in [3.8, 4) is 0 Å². The Morgan fingerprint density at radius 3 is 2.68 bits per heavy atom. The molecule has 2 heterocycles. The molecule has 6 nitrogen and oxygen atoms in total. The summed E-state index contributed by atoms with van der Waals surface area (Å²) >= 11 is 0. The lowest BCUT2D eigenvalue weighted by Crippen LogP contribution is -2.35. The van der Waals surface area contributed by atoms with E-state index in [0.717, 1.165) is 18.2 Å². The van der Waals surface area contributed by atoms with Crippen LogP contribution >= 0.6 is 0 Å². The Balaban J connectivity index is 1.49. The average molecular weight is 375 g/mol. The van der Waals surface area contributed by atoms with Gasteiger partial charge in [0.15, 0.2) is 0 Å². The van der Waals surface area contributed by atoms with Gasteiger partial charge in [-0.3, -0.25) is 9.48 Å². The zero-order valence-electron chi connectivity index (χ0n) is 15.6.